The van der Waals surface area contributed by atoms with E-state index in [2.05, 4.69) is 5.32 Å². The van der Waals surface area contributed by atoms with E-state index in [1.807, 2.05) is 0 Å². The predicted molar refractivity (Wildman–Crippen MR) is 78.8 cm³/mol. The summed E-state index contributed by atoms with van der Waals surface area (Å²) < 4.78 is 0. The van der Waals surface area contributed by atoms with Gasteiger partial charge in [-0.3, -0.25) is 9.59 Å². The zero-order valence-corrected chi connectivity index (χ0v) is 12.1. The Hall–Kier alpha value is -2.08. The van der Waals surface area contributed by atoms with Gasteiger partial charge in [0.05, 0.1) is 12.0 Å². The van der Waals surface area contributed by atoms with Gasteiger partial charge in [-0.15, -0.1) is 0 Å². The van der Waals surface area contributed by atoms with E-state index >= 15 is 0 Å². The van der Waals surface area contributed by atoms with Crippen molar-refractivity contribution < 1.29 is 19.8 Å². The highest BCUT2D eigenvalue weighted by Crippen LogP contribution is 2.11. The highest BCUT2D eigenvalue weighted by atomic mass is 16.4. The number of carbonyl (C=O) groups is 2. The first-order valence-electron chi connectivity index (χ1n) is 6.94. The molecule has 0 aliphatic carbocycles. The van der Waals surface area contributed by atoms with Crippen LogP contribution in [0.5, 0.6) is 5.75 Å². The molecule has 0 radical (unpaired) electrons. The first-order chi connectivity index (χ1) is 9.90. The average Bonchev–Trinajstić information content (AvgIpc) is 2.45. The molecule has 2 unspecified atom stereocenters. The molecule has 0 saturated carbocycles. The molecule has 1 amide bonds. The number of carbonyl (C=O) groups excluding carboxylic acids is 1. The molecule has 6 nitrogen and oxygen atoms in total. The summed E-state index contributed by atoms with van der Waals surface area (Å²) in [6.45, 7) is 2.06. The number of nitrogens with one attached hydrogen (secondary N) is 1. The SMILES string of the molecule is CC(CCCNC(=O)C(N)Cc1ccc(O)cc1)C(=O)O. The van der Waals surface area contributed by atoms with E-state index in [0.29, 0.717) is 25.8 Å². The number of phenolic OH excluding ortho intramolecular Hbond substituents is 1. The second kappa shape index (κ2) is 8.26. The zero-order valence-electron chi connectivity index (χ0n) is 12.1. The number of rotatable bonds is 8. The van der Waals surface area contributed by atoms with Crippen LogP contribution in [0, 0.1) is 5.92 Å². The lowest BCUT2D eigenvalue weighted by atomic mass is 10.0. The van der Waals surface area contributed by atoms with Gasteiger partial charge in [-0.05, 0) is 37.0 Å². The van der Waals surface area contributed by atoms with Crippen molar-refractivity contribution in [3.8, 4) is 5.75 Å². The molecule has 0 aliphatic rings. The van der Waals surface area contributed by atoms with Gasteiger partial charge >= 0.3 is 5.97 Å². The third-order valence-corrected chi connectivity index (χ3v) is 3.26. The fourth-order valence-corrected chi connectivity index (χ4v) is 1.85. The highest BCUT2D eigenvalue weighted by Gasteiger charge is 2.14. The van der Waals surface area contributed by atoms with E-state index in [-0.39, 0.29) is 11.7 Å². The van der Waals surface area contributed by atoms with Crippen LogP contribution in [0.2, 0.25) is 0 Å². The second-order valence-electron chi connectivity index (χ2n) is 5.15. The second-order valence-corrected chi connectivity index (χ2v) is 5.15. The minimum absolute atomic E-state index is 0.171. The van der Waals surface area contributed by atoms with E-state index in [9.17, 15) is 14.7 Å². The molecular formula is C15H22N2O4. The van der Waals surface area contributed by atoms with Crippen LogP contribution >= 0.6 is 0 Å². The van der Waals surface area contributed by atoms with Crippen LogP contribution in [0.25, 0.3) is 0 Å². The van der Waals surface area contributed by atoms with E-state index in [1.54, 1.807) is 31.2 Å². The normalized spacial score (nSPS) is 13.4. The molecule has 21 heavy (non-hydrogen) atoms. The minimum atomic E-state index is -0.828. The molecule has 0 heterocycles. The largest absolute Gasteiger partial charge is 0.508 e. The van der Waals surface area contributed by atoms with Crippen molar-refractivity contribution in [2.75, 3.05) is 6.54 Å². The number of nitrogens with two attached hydrogens (primary N) is 1. The first-order valence-corrected chi connectivity index (χ1v) is 6.94. The summed E-state index contributed by atoms with van der Waals surface area (Å²) >= 11 is 0. The fraction of sp³-hybridized carbons (Fsp3) is 0.467. The molecule has 0 aliphatic heterocycles. The highest BCUT2D eigenvalue weighted by molar-refractivity contribution is 5.81. The lowest BCUT2D eigenvalue weighted by Gasteiger charge is -2.13. The lowest BCUT2D eigenvalue weighted by Crippen LogP contribution is -2.42. The standard InChI is InChI=1S/C15H22N2O4/c1-10(15(20)21)3-2-8-17-14(19)13(16)9-11-4-6-12(18)7-5-11/h4-7,10,13,18H,2-3,8-9,16H2,1H3,(H,17,19)(H,20,21). The van der Waals surface area contributed by atoms with Crippen LogP contribution in [0.1, 0.15) is 25.3 Å². The van der Waals surface area contributed by atoms with Gasteiger partial charge in [-0.25, -0.2) is 0 Å². The molecule has 0 bridgehead atoms. The van der Waals surface area contributed by atoms with Crippen molar-refractivity contribution in [3.05, 3.63) is 29.8 Å². The fourth-order valence-electron chi connectivity index (χ4n) is 1.85. The third kappa shape index (κ3) is 6.27. The number of carboxylic acid groups (broad SMARTS) is 1. The number of carboxylic acids is 1. The smallest absolute Gasteiger partial charge is 0.306 e. The minimum Gasteiger partial charge on any atom is -0.508 e. The van der Waals surface area contributed by atoms with Gasteiger partial charge in [-0.2, -0.15) is 0 Å². The summed E-state index contributed by atoms with van der Waals surface area (Å²) in [6.07, 6.45) is 1.51. The Morgan fingerprint density at radius 1 is 1.29 bits per heavy atom. The van der Waals surface area contributed by atoms with Crippen molar-refractivity contribution in [2.24, 2.45) is 11.7 Å². The van der Waals surface area contributed by atoms with Crippen LogP contribution in [-0.4, -0.2) is 34.7 Å². The summed E-state index contributed by atoms with van der Waals surface area (Å²) in [6, 6.07) is 5.88. The molecule has 0 saturated heterocycles. The Labute approximate surface area is 124 Å². The van der Waals surface area contributed by atoms with Gasteiger partial charge in [0.1, 0.15) is 5.75 Å². The van der Waals surface area contributed by atoms with Crippen LogP contribution in [0.4, 0.5) is 0 Å². The summed E-state index contributed by atoms with van der Waals surface area (Å²) in [4.78, 5) is 22.4. The number of phenols is 1. The molecule has 6 heteroatoms. The molecule has 1 rings (SSSR count). The van der Waals surface area contributed by atoms with E-state index in [4.69, 9.17) is 10.8 Å². The molecule has 0 spiro atoms. The van der Waals surface area contributed by atoms with E-state index in [0.717, 1.165) is 5.56 Å². The maximum Gasteiger partial charge on any atom is 0.306 e. The Kier molecular flexibility index (Phi) is 6.68. The molecule has 116 valence electrons. The number of hydrogen-bond donors (Lipinski definition) is 4. The van der Waals surface area contributed by atoms with Crippen LogP contribution in [-0.2, 0) is 16.0 Å². The molecule has 2 atom stereocenters. The maximum absolute atomic E-state index is 11.8. The van der Waals surface area contributed by atoms with Crippen molar-refractivity contribution >= 4 is 11.9 Å². The summed E-state index contributed by atoms with van der Waals surface area (Å²) in [5.74, 6) is -1.33. The molecular weight excluding hydrogens is 272 g/mol. The summed E-state index contributed by atoms with van der Waals surface area (Å²) in [5.41, 5.74) is 6.68. The molecule has 1 aromatic carbocycles. The van der Waals surface area contributed by atoms with Gasteiger partial charge in [0.2, 0.25) is 5.91 Å². The number of amides is 1. The Morgan fingerprint density at radius 2 is 1.90 bits per heavy atom. The first kappa shape index (κ1) is 17.0. The van der Waals surface area contributed by atoms with Gasteiger partial charge in [0.25, 0.3) is 0 Å². The molecule has 5 N–H and O–H groups in total. The average molecular weight is 294 g/mol. The van der Waals surface area contributed by atoms with Crippen molar-refractivity contribution in [1.82, 2.24) is 5.32 Å². The number of benzene rings is 1. The van der Waals surface area contributed by atoms with Gasteiger partial charge in [0.15, 0.2) is 0 Å². The number of aliphatic carboxylic acids is 1. The molecule has 0 aromatic heterocycles. The number of hydrogen-bond acceptors (Lipinski definition) is 4. The maximum atomic E-state index is 11.8. The van der Waals surface area contributed by atoms with Crippen LogP contribution in [0.15, 0.2) is 24.3 Å². The van der Waals surface area contributed by atoms with Gasteiger partial charge in [0, 0.05) is 6.54 Å². The molecule has 0 fully saturated rings. The Balaban J connectivity index is 2.28. The van der Waals surface area contributed by atoms with Crippen molar-refractivity contribution in [3.63, 3.8) is 0 Å². The van der Waals surface area contributed by atoms with Crippen molar-refractivity contribution in [1.29, 1.82) is 0 Å². The lowest BCUT2D eigenvalue weighted by molar-refractivity contribution is -0.141. The van der Waals surface area contributed by atoms with Crippen LogP contribution < -0.4 is 11.1 Å². The predicted octanol–water partition coefficient (Wildman–Crippen LogP) is 0.879. The van der Waals surface area contributed by atoms with E-state index in [1.165, 1.54) is 0 Å². The zero-order chi connectivity index (χ0) is 15.8. The van der Waals surface area contributed by atoms with Crippen LogP contribution in [0.3, 0.4) is 0 Å². The summed E-state index contributed by atoms with van der Waals surface area (Å²) in [5, 5.41) is 20.6. The Morgan fingerprint density at radius 3 is 2.48 bits per heavy atom. The quantitative estimate of drug-likeness (QED) is 0.532. The summed E-state index contributed by atoms with van der Waals surface area (Å²) in [7, 11) is 0. The monoisotopic (exact) mass is 294 g/mol. The third-order valence-electron chi connectivity index (χ3n) is 3.26. The van der Waals surface area contributed by atoms with E-state index < -0.39 is 17.9 Å². The number of aromatic hydroxyl groups is 1. The Bertz CT molecular complexity index is 473. The van der Waals surface area contributed by atoms with Gasteiger partial charge in [-0.1, -0.05) is 19.1 Å². The van der Waals surface area contributed by atoms with Crippen molar-refractivity contribution in [2.45, 2.75) is 32.2 Å². The topological polar surface area (TPSA) is 113 Å². The molecule has 1 aromatic rings. The van der Waals surface area contributed by atoms with Gasteiger partial charge < -0.3 is 21.3 Å².